The van der Waals surface area contributed by atoms with E-state index in [-0.39, 0.29) is 5.78 Å². The summed E-state index contributed by atoms with van der Waals surface area (Å²) in [7, 11) is 0. The molecular weight excluding hydrogens is 268 g/mol. The van der Waals surface area contributed by atoms with E-state index in [4.69, 9.17) is 0 Å². The number of hydrogen-bond donors (Lipinski definition) is 1. The monoisotopic (exact) mass is 291 g/mol. The molecule has 1 aliphatic heterocycles. The second kappa shape index (κ2) is 10.7. The van der Waals surface area contributed by atoms with E-state index >= 15 is 0 Å². The van der Waals surface area contributed by atoms with Crippen LogP contribution in [0.2, 0.25) is 0 Å². The van der Waals surface area contributed by atoms with Gasteiger partial charge in [-0.1, -0.05) is 12.1 Å². The molecular formula is C16H23N2O3+. The Morgan fingerprint density at radius 2 is 2.38 bits per heavy atom. The SMILES string of the molecule is C1=CCC(c2cccnc2)[NH2+]C1.CC(=O)CCCOC=O. The molecule has 0 radical (unpaired) electrons. The summed E-state index contributed by atoms with van der Waals surface area (Å²) in [4.78, 5) is 23.9. The summed E-state index contributed by atoms with van der Waals surface area (Å²) in [5.41, 5.74) is 1.34. The Hall–Kier alpha value is -2.01. The van der Waals surface area contributed by atoms with E-state index in [0.29, 0.717) is 32.0 Å². The molecule has 1 aromatic heterocycles. The van der Waals surface area contributed by atoms with Crippen LogP contribution in [0, 0.1) is 0 Å². The summed E-state index contributed by atoms with van der Waals surface area (Å²) in [6.07, 6.45) is 10.5. The van der Waals surface area contributed by atoms with Gasteiger partial charge in [0.2, 0.25) is 0 Å². The fourth-order valence-corrected chi connectivity index (χ4v) is 2.00. The third kappa shape index (κ3) is 7.99. The van der Waals surface area contributed by atoms with E-state index in [2.05, 4.69) is 33.3 Å². The molecule has 114 valence electrons. The molecule has 1 atom stereocenters. The zero-order chi connectivity index (χ0) is 15.3. The third-order valence-electron chi connectivity index (χ3n) is 3.09. The maximum atomic E-state index is 10.3. The molecule has 0 fully saturated rings. The highest BCUT2D eigenvalue weighted by atomic mass is 16.5. The van der Waals surface area contributed by atoms with Gasteiger partial charge in [-0.05, 0) is 25.5 Å². The van der Waals surface area contributed by atoms with Crippen molar-refractivity contribution < 1.29 is 19.6 Å². The predicted octanol–water partition coefficient (Wildman–Crippen LogP) is 1.17. The normalized spacial score (nSPS) is 16.5. The van der Waals surface area contributed by atoms with Crippen molar-refractivity contribution in [2.24, 2.45) is 0 Å². The van der Waals surface area contributed by atoms with Crippen molar-refractivity contribution in [2.45, 2.75) is 32.2 Å². The summed E-state index contributed by atoms with van der Waals surface area (Å²) >= 11 is 0. The number of aromatic nitrogens is 1. The number of hydrogen-bond acceptors (Lipinski definition) is 4. The van der Waals surface area contributed by atoms with Gasteiger partial charge in [0.1, 0.15) is 11.8 Å². The number of carbonyl (C=O) groups is 2. The Kier molecular flexibility index (Phi) is 8.72. The lowest BCUT2D eigenvalue weighted by molar-refractivity contribution is -0.690. The summed E-state index contributed by atoms with van der Waals surface area (Å²) in [6.45, 7) is 3.35. The van der Waals surface area contributed by atoms with Gasteiger partial charge in [0, 0.05) is 30.8 Å². The van der Waals surface area contributed by atoms with Crippen molar-refractivity contribution in [3.8, 4) is 0 Å². The van der Waals surface area contributed by atoms with Crippen molar-refractivity contribution >= 4 is 12.3 Å². The molecule has 1 unspecified atom stereocenters. The number of quaternary nitrogens is 1. The van der Waals surface area contributed by atoms with E-state index < -0.39 is 0 Å². The van der Waals surface area contributed by atoms with Crippen LogP contribution in [0.4, 0.5) is 0 Å². The van der Waals surface area contributed by atoms with Gasteiger partial charge in [-0.15, -0.1) is 0 Å². The average molecular weight is 291 g/mol. The lowest BCUT2D eigenvalue weighted by Gasteiger charge is -2.15. The topological polar surface area (TPSA) is 72.9 Å². The van der Waals surface area contributed by atoms with Crippen molar-refractivity contribution in [2.75, 3.05) is 13.2 Å². The maximum absolute atomic E-state index is 10.3. The molecule has 0 amide bonds. The Bertz CT molecular complexity index is 446. The number of nitrogens with zero attached hydrogens (tertiary/aromatic N) is 1. The Balaban J connectivity index is 0.000000222. The Morgan fingerprint density at radius 1 is 1.52 bits per heavy atom. The fourth-order valence-electron chi connectivity index (χ4n) is 2.00. The number of pyridine rings is 1. The number of carbonyl (C=O) groups excluding carboxylic acids is 2. The van der Waals surface area contributed by atoms with Crippen LogP contribution in [0.25, 0.3) is 0 Å². The quantitative estimate of drug-likeness (QED) is 0.485. The van der Waals surface area contributed by atoms with Gasteiger partial charge in [0.25, 0.3) is 6.47 Å². The van der Waals surface area contributed by atoms with Gasteiger partial charge in [-0.2, -0.15) is 0 Å². The van der Waals surface area contributed by atoms with Crippen LogP contribution < -0.4 is 5.32 Å². The zero-order valence-electron chi connectivity index (χ0n) is 12.4. The van der Waals surface area contributed by atoms with E-state index in [1.54, 1.807) is 0 Å². The third-order valence-corrected chi connectivity index (χ3v) is 3.09. The van der Waals surface area contributed by atoms with Crippen LogP contribution in [0.1, 0.15) is 37.8 Å². The van der Waals surface area contributed by atoms with Gasteiger partial charge < -0.3 is 14.8 Å². The molecule has 0 bridgehead atoms. The summed E-state index contributed by atoms with van der Waals surface area (Å²) in [5, 5.41) is 2.34. The molecule has 5 nitrogen and oxygen atoms in total. The first-order chi connectivity index (χ1) is 10.2. The minimum Gasteiger partial charge on any atom is -0.468 e. The minimum atomic E-state index is 0.129. The molecule has 0 aliphatic carbocycles. The van der Waals surface area contributed by atoms with Crippen molar-refractivity contribution in [1.82, 2.24) is 4.98 Å². The van der Waals surface area contributed by atoms with Crippen LogP contribution in [0.3, 0.4) is 0 Å². The maximum Gasteiger partial charge on any atom is 0.293 e. The highest BCUT2D eigenvalue weighted by molar-refractivity contribution is 5.75. The van der Waals surface area contributed by atoms with Gasteiger partial charge in [0.15, 0.2) is 0 Å². The number of ether oxygens (including phenoxy) is 1. The Morgan fingerprint density at radius 3 is 2.95 bits per heavy atom. The standard InChI is InChI=1S/C10H12N2.C6H10O3/c1-2-7-12-10(5-1)9-4-3-6-11-8-9;1-6(8)3-2-4-9-5-7/h1-4,6,8,10,12H,5,7H2;5H,2-4H2,1H3/p+1. The number of rotatable bonds is 6. The lowest BCUT2D eigenvalue weighted by atomic mass is 10.0. The van der Waals surface area contributed by atoms with Crippen LogP contribution in [-0.2, 0) is 14.3 Å². The summed E-state index contributed by atoms with van der Waals surface area (Å²) in [5.74, 6) is 0.129. The van der Waals surface area contributed by atoms with E-state index in [9.17, 15) is 9.59 Å². The number of ketones is 1. The summed E-state index contributed by atoms with van der Waals surface area (Å²) in [6, 6.07) is 4.73. The largest absolute Gasteiger partial charge is 0.468 e. The smallest absolute Gasteiger partial charge is 0.293 e. The number of Topliss-reactive ketones (excluding diaryl/α,β-unsaturated/α-hetero) is 1. The lowest BCUT2D eigenvalue weighted by Crippen LogP contribution is -2.85. The minimum absolute atomic E-state index is 0.129. The molecule has 0 saturated carbocycles. The second-order valence-corrected chi connectivity index (χ2v) is 4.84. The molecule has 0 spiro atoms. The van der Waals surface area contributed by atoms with E-state index in [1.165, 1.54) is 12.5 Å². The molecule has 5 heteroatoms. The zero-order valence-corrected chi connectivity index (χ0v) is 12.4. The molecule has 0 saturated heterocycles. The van der Waals surface area contributed by atoms with Gasteiger partial charge in [0.05, 0.1) is 13.2 Å². The van der Waals surface area contributed by atoms with Crippen LogP contribution in [0.5, 0.6) is 0 Å². The van der Waals surface area contributed by atoms with Crippen LogP contribution in [0.15, 0.2) is 36.7 Å². The van der Waals surface area contributed by atoms with E-state index in [1.807, 2.05) is 18.5 Å². The van der Waals surface area contributed by atoms with Crippen LogP contribution >= 0.6 is 0 Å². The predicted molar refractivity (Wildman–Crippen MR) is 79.5 cm³/mol. The first kappa shape index (κ1) is 17.0. The average Bonchev–Trinajstić information content (AvgIpc) is 2.54. The van der Waals surface area contributed by atoms with Gasteiger partial charge in [-0.3, -0.25) is 9.78 Å². The van der Waals surface area contributed by atoms with Crippen molar-refractivity contribution in [3.63, 3.8) is 0 Å². The molecule has 1 aromatic rings. The highest BCUT2D eigenvalue weighted by Gasteiger charge is 2.14. The molecule has 21 heavy (non-hydrogen) atoms. The first-order valence-corrected chi connectivity index (χ1v) is 7.17. The summed E-state index contributed by atoms with van der Waals surface area (Å²) < 4.78 is 4.35. The first-order valence-electron chi connectivity index (χ1n) is 7.17. The van der Waals surface area contributed by atoms with E-state index in [0.717, 1.165) is 13.0 Å². The van der Waals surface area contributed by atoms with Crippen molar-refractivity contribution in [3.05, 3.63) is 42.2 Å². The highest BCUT2D eigenvalue weighted by Crippen LogP contribution is 2.12. The fraction of sp³-hybridized carbons (Fsp3) is 0.438. The number of nitrogens with two attached hydrogens (primary N) is 1. The van der Waals surface area contributed by atoms with Gasteiger partial charge >= 0.3 is 0 Å². The molecule has 0 aromatic carbocycles. The van der Waals surface area contributed by atoms with Crippen LogP contribution in [-0.4, -0.2) is 30.4 Å². The molecule has 2 rings (SSSR count). The molecule has 1 aliphatic rings. The van der Waals surface area contributed by atoms with Crippen molar-refractivity contribution in [1.29, 1.82) is 0 Å². The Labute approximate surface area is 125 Å². The molecule has 2 heterocycles. The van der Waals surface area contributed by atoms with Gasteiger partial charge in [-0.25, -0.2) is 0 Å². The molecule has 2 N–H and O–H groups in total. The second-order valence-electron chi connectivity index (χ2n) is 4.84.